The Morgan fingerprint density at radius 1 is 0.884 bits per heavy atom. The number of carboxylic acids is 1. The van der Waals surface area contributed by atoms with Crippen LogP contribution < -0.4 is 10.6 Å². The van der Waals surface area contributed by atoms with E-state index in [2.05, 4.69) is 20.9 Å². The van der Waals surface area contributed by atoms with Crippen LogP contribution in [0.1, 0.15) is 65.8 Å². The van der Waals surface area contributed by atoms with Gasteiger partial charge < -0.3 is 89.8 Å². The number of aromatic nitrogens is 3. The van der Waals surface area contributed by atoms with Crippen molar-refractivity contribution >= 4 is 17.8 Å². The fraction of sp³-hybridized carbons (Fsp3) is 0.750. The monoisotopic (exact) mass is 987 g/mol. The van der Waals surface area contributed by atoms with Gasteiger partial charge in [-0.15, -0.1) is 5.10 Å². The van der Waals surface area contributed by atoms with Crippen molar-refractivity contribution in [1.82, 2.24) is 25.6 Å². The molecule has 2 aromatic rings. The van der Waals surface area contributed by atoms with Gasteiger partial charge in [-0.3, -0.25) is 9.59 Å². The first-order chi connectivity index (χ1) is 32.9. The molecule has 24 nitrogen and oxygen atoms in total. The predicted octanol–water partition coefficient (Wildman–Crippen LogP) is -2.55. The summed E-state index contributed by atoms with van der Waals surface area (Å²) >= 11 is 0. The molecule has 1 aliphatic carbocycles. The minimum Gasteiger partial charge on any atom is -0.479 e. The molecule has 4 aliphatic rings. The van der Waals surface area contributed by atoms with E-state index in [1.807, 2.05) is 6.92 Å². The van der Waals surface area contributed by atoms with Gasteiger partial charge in [-0.05, 0) is 44.2 Å². The number of hydrogen-bond donors (Lipinski definition) is 11. The predicted molar refractivity (Wildman–Crippen MR) is 230 cm³/mol. The van der Waals surface area contributed by atoms with Gasteiger partial charge in [-0.2, -0.15) is 0 Å². The van der Waals surface area contributed by atoms with Crippen molar-refractivity contribution in [2.45, 2.75) is 170 Å². The normalized spacial score (nSPS) is 37.7. The first kappa shape index (κ1) is 54.4. The number of amides is 2. The van der Waals surface area contributed by atoms with Crippen molar-refractivity contribution in [1.29, 1.82) is 0 Å². The highest BCUT2D eigenvalue weighted by Crippen LogP contribution is 2.40. The van der Waals surface area contributed by atoms with Crippen LogP contribution in [0.15, 0.2) is 30.5 Å². The molecule has 1 aromatic carbocycles. The number of benzene rings is 1. The second-order valence-electron chi connectivity index (χ2n) is 17.9. The van der Waals surface area contributed by atoms with Gasteiger partial charge >= 0.3 is 5.97 Å². The maximum Gasteiger partial charge on any atom is 0.332 e. The number of aliphatic carboxylic acids is 1. The molecule has 6 rings (SSSR count). The van der Waals surface area contributed by atoms with Crippen molar-refractivity contribution in [3.8, 4) is 11.3 Å². The van der Waals surface area contributed by atoms with E-state index >= 15 is 0 Å². The van der Waals surface area contributed by atoms with Crippen molar-refractivity contribution in [2.75, 3.05) is 26.4 Å². The number of carbonyl (C=O) groups excluding carboxylic acids is 2. The molecule has 69 heavy (non-hydrogen) atoms. The smallest absolute Gasteiger partial charge is 0.332 e. The zero-order valence-electron chi connectivity index (χ0n) is 38.6. The van der Waals surface area contributed by atoms with Gasteiger partial charge in [0.05, 0.1) is 44.3 Å². The van der Waals surface area contributed by atoms with Crippen LogP contribution in [0.2, 0.25) is 0 Å². The molecule has 3 aliphatic heterocycles. The zero-order valence-corrected chi connectivity index (χ0v) is 38.6. The first-order valence-electron chi connectivity index (χ1n) is 23.2. The molecule has 0 bridgehead atoms. The Morgan fingerprint density at radius 2 is 1.59 bits per heavy atom. The number of carbonyl (C=O) groups is 3. The van der Waals surface area contributed by atoms with E-state index in [1.54, 1.807) is 13.0 Å². The highest BCUT2D eigenvalue weighted by molar-refractivity contribution is 5.78. The SMILES string of the molecule is CCC[C@H](OC1C(NC(C)=O)[C@H](O[C@@H]2CC(C(=O)NCCO[C@H]3OC(CO)[C@@H](O)C(n4cc(-c5cccc(F)c5)nn4)C3O)CC(CC)C2O[C@@H]2OC(C)[C@@H](O)C(O)C2O)OC(CO)[C@@H]1O)C(=O)O. The van der Waals surface area contributed by atoms with Crippen LogP contribution in [-0.2, 0) is 47.5 Å². The molecular weight excluding hydrogens is 921 g/mol. The average Bonchev–Trinajstić information content (AvgIpc) is 3.81. The van der Waals surface area contributed by atoms with E-state index in [-0.39, 0.29) is 38.1 Å². The van der Waals surface area contributed by atoms with E-state index < -0.39 is 159 Å². The van der Waals surface area contributed by atoms with Crippen molar-refractivity contribution in [3.05, 3.63) is 36.3 Å². The Hall–Kier alpha value is -3.90. The van der Waals surface area contributed by atoms with Gasteiger partial charge in [0.2, 0.25) is 11.8 Å². The van der Waals surface area contributed by atoms with Gasteiger partial charge in [0.25, 0.3) is 0 Å². The highest BCUT2D eigenvalue weighted by Gasteiger charge is 2.53. The Bertz CT molecular complexity index is 1990. The van der Waals surface area contributed by atoms with Crippen molar-refractivity contribution in [2.24, 2.45) is 11.8 Å². The third-order valence-corrected chi connectivity index (χ3v) is 13.1. The number of aliphatic hydroxyl groups is 8. The summed E-state index contributed by atoms with van der Waals surface area (Å²) in [5.74, 6) is -4.33. The second kappa shape index (κ2) is 24.5. The van der Waals surface area contributed by atoms with Crippen LogP contribution in [0.4, 0.5) is 4.39 Å². The lowest BCUT2D eigenvalue weighted by Crippen LogP contribution is -2.67. The maximum atomic E-state index is 14.0. The summed E-state index contributed by atoms with van der Waals surface area (Å²) in [6, 6.07) is 2.96. The Balaban J connectivity index is 1.19. The standard InChI is InChI=1S/C44H66FN5O19/c1-5-8-26(41(61)62)65-39-30(47-20(4)53)42(67-29(18-52)34(39)56)66-27-15-23(13-21(6-2)38(27)69-44-37(59)36(58)32(54)19(3)64-44)40(60)46-11-12-63-43-35(57)31(33(55)28(17-51)68-43)50-16-25(48-49-50)22-9-7-10-24(45)14-22/h7,9-10,14,16,19,21,23,26-39,42-44,51-52,54-59H,5-6,8,11-13,15,17-18H2,1-4H3,(H,46,60)(H,47,53)(H,61,62)/t19?,21?,23?,26-,27+,28?,29?,30?,31?,32+,33+,34-,35?,36?,37?,38?,39?,42+,43-,44-/m0/s1. The Labute approximate surface area is 396 Å². The second-order valence-corrected chi connectivity index (χ2v) is 17.9. The third-order valence-electron chi connectivity index (χ3n) is 13.1. The summed E-state index contributed by atoms with van der Waals surface area (Å²) in [6.07, 6.45) is -20.5. The zero-order chi connectivity index (χ0) is 50.3. The summed E-state index contributed by atoms with van der Waals surface area (Å²) in [6.45, 7) is 4.36. The molecule has 2 amide bonds. The van der Waals surface area contributed by atoms with Gasteiger partial charge in [0, 0.05) is 24.9 Å². The number of nitrogens with one attached hydrogen (secondary N) is 2. The molecule has 20 atom stereocenters. The fourth-order valence-corrected chi connectivity index (χ4v) is 9.36. The number of halogens is 1. The van der Waals surface area contributed by atoms with Crippen LogP contribution in [0, 0.1) is 17.7 Å². The van der Waals surface area contributed by atoms with E-state index in [4.69, 9.17) is 33.2 Å². The molecule has 11 N–H and O–H groups in total. The summed E-state index contributed by atoms with van der Waals surface area (Å²) < 4.78 is 57.3. The van der Waals surface area contributed by atoms with Gasteiger partial charge in [-0.1, -0.05) is 44.0 Å². The number of aliphatic hydroxyl groups excluding tert-OH is 8. The maximum absolute atomic E-state index is 14.0. The van der Waals surface area contributed by atoms with E-state index in [1.165, 1.54) is 42.9 Å². The number of rotatable bonds is 20. The lowest BCUT2D eigenvalue weighted by molar-refractivity contribution is -0.338. The minimum atomic E-state index is -1.72. The molecule has 4 heterocycles. The summed E-state index contributed by atoms with van der Waals surface area (Å²) in [5, 5.41) is 109. The summed E-state index contributed by atoms with van der Waals surface area (Å²) in [4.78, 5) is 38.9. The van der Waals surface area contributed by atoms with E-state index in [9.17, 15) is 64.7 Å². The molecule has 0 spiro atoms. The lowest BCUT2D eigenvalue weighted by Gasteiger charge is -2.49. The van der Waals surface area contributed by atoms with Gasteiger partial charge in [0.1, 0.15) is 78.5 Å². The van der Waals surface area contributed by atoms with Gasteiger partial charge in [-0.25, -0.2) is 13.9 Å². The fourth-order valence-electron chi connectivity index (χ4n) is 9.36. The largest absolute Gasteiger partial charge is 0.479 e. The highest BCUT2D eigenvalue weighted by atomic mass is 19.1. The molecule has 12 unspecified atom stereocenters. The molecule has 1 aromatic heterocycles. The number of hydrogen-bond acceptors (Lipinski definition) is 20. The third kappa shape index (κ3) is 12.8. The van der Waals surface area contributed by atoms with Crippen molar-refractivity contribution in [3.63, 3.8) is 0 Å². The molecule has 1 saturated carbocycles. The number of nitrogens with zero attached hydrogens (tertiary/aromatic N) is 3. The molecule has 4 fully saturated rings. The topological polar surface area (TPSA) is 353 Å². The van der Waals surface area contributed by atoms with Crippen LogP contribution in [-0.4, -0.2) is 209 Å². The molecule has 3 saturated heterocycles. The first-order valence-corrected chi connectivity index (χ1v) is 23.2. The molecular formula is C44H66FN5O19. The molecule has 0 radical (unpaired) electrons. The van der Waals surface area contributed by atoms with E-state index in [0.717, 1.165) is 0 Å². The van der Waals surface area contributed by atoms with Crippen molar-refractivity contribution < 1.29 is 97.9 Å². The molecule has 388 valence electrons. The van der Waals surface area contributed by atoms with Crippen LogP contribution in [0.5, 0.6) is 0 Å². The van der Waals surface area contributed by atoms with Crippen LogP contribution in [0.25, 0.3) is 11.3 Å². The summed E-state index contributed by atoms with van der Waals surface area (Å²) in [7, 11) is 0. The quantitative estimate of drug-likeness (QED) is 0.0609. The lowest BCUT2D eigenvalue weighted by atomic mass is 9.75. The minimum absolute atomic E-state index is 0.0346. The van der Waals surface area contributed by atoms with Gasteiger partial charge in [0.15, 0.2) is 25.0 Å². The number of carboxylic acid groups (broad SMARTS) is 1. The Morgan fingerprint density at radius 3 is 2.25 bits per heavy atom. The van der Waals surface area contributed by atoms with Crippen LogP contribution >= 0.6 is 0 Å². The summed E-state index contributed by atoms with van der Waals surface area (Å²) in [5.41, 5.74) is 0.633. The average molecular weight is 988 g/mol. The van der Waals surface area contributed by atoms with Crippen LogP contribution in [0.3, 0.4) is 0 Å². The number of ether oxygens (including phenoxy) is 7. The Kier molecular flexibility index (Phi) is 19.3. The van der Waals surface area contributed by atoms with E-state index in [0.29, 0.717) is 18.4 Å². The molecule has 25 heteroatoms.